The summed E-state index contributed by atoms with van der Waals surface area (Å²) in [5.74, 6) is -0.172. The van der Waals surface area contributed by atoms with Crippen LogP contribution in [0.3, 0.4) is 0 Å². The van der Waals surface area contributed by atoms with Gasteiger partial charge in [-0.05, 0) is 36.4 Å². The molecule has 0 aromatic heterocycles. The second-order valence-corrected chi connectivity index (χ2v) is 7.77. The van der Waals surface area contributed by atoms with E-state index in [4.69, 9.17) is 16.3 Å². The minimum Gasteiger partial charge on any atom is -0.495 e. The second-order valence-electron chi connectivity index (χ2n) is 5.57. The molecule has 1 amide bonds. The van der Waals surface area contributed by atoms with E-state index in [0.717, 1.165) is 18.2 Å². The minimum atomic E-state index is -4.67. The van der Waals surface area contributed by atoms with Gasteiger partial charge in [-0.2, -0.15) is 13.2 Å². The molecule has 11 heteroatoms. The summed E-state index contributed by atoms with van der Waals surface area (Å²) in [6.07, 6.45) is -4.92. The SMILES string of the molecule is COc1ccc(Cl)cc1NC(=O)CCNS(=O)(=O)c1cccc(C(F)(F)F)c1. The third kappa shape index (κ3) is 5.85. The highest BCUT2D eigenvalue weighted by Gasteiger charge is 2.31. The molecule has 2 aromatic carbocycles. The monoisotopic (exact) mass is 436 g/mol. The van der Waals surface area contributed by atoms with E-state index in [2.05, 4.69) is 10.0 Å². The van der Waals surface area contributed by atoms with Crippen LogP contribution >= 0.6 is 11.6 Å². The maximum Gasteiger partial charge on any atom is 0.416 e. The van der Waals surface area contributed by atoms with Gasteiger partial charge >= 0.3 is 6.18 Å². The van der Waals surface area contributed by atoms with Gasteiger partial charge in [0.25, 0.3) is 0 Å². The van der Waals surface area contributed by atoms with Crippen LogP contribution in [0.1, 0.15) is 12.0 Å². The number of carbonyl (C=O) groups excluding carboxylic acids is 1. The molecule has 2 aromatic rings. The number of sulfonamides is 1. The van der Waals surface area contributed by atoms with Crippen LogP contribution in [0.4, 0.5) is 18.9 Å². The van der Waals surface area contributed by atoms with E-state index >= 15 is 0 Å². The summed E-state index contributed by atoms with van der Waals surface area (Å²) in [6.45, 7) is -0.312. The lowest BCUT2D eigenvalue weighted by atomic mass is 10.2. The van der Waals surface area contributed by atoms with Gasteiger partial charge in [0.15, 0.2) is 0 Å². The lowest BCUT2D eigenvalue weighted by molar-refractivity contribution is -0.137. The molecule has 28 heavy (non-hydrogen) atoms. The van der Waals surface area contributed by atoms with Crippen LogP contribution in [0.2, 0.25) is 5.02 Å². The topological polar surface area (TPSA) is 84.5 Å². The molecule has 0 unspecified atom stereocenters. The van der Waals surface area contributed by atoms with E-state index in [9.17, 15) is 26.4 Å². The van der Waals surface area contributed by atoms with Crippen molar-refractivity contribution < 1.29 is 31.1 Å². The summed E-state index contributed by atoms with van der Waals surface area (Å²) in [4.78, 5) is 11.5. The van der Waals surface area contributed by atoms with E-state index in [-0.39, 0.29) is 13.0 Å². The fraction of sp³-hybridized carbons (Fsp3) is 0.235. The van der Waals surface area contributed by atoms with E-state index in [1.165, 1.54) is 13.2 Å². The molecule has 6 nitrogen and oxygen atoms in total. The van der Waals surface area contributed by atoms with Gasteiger partial charge in [0.1, 0.15) is 5.75 Å². The minimum absolute atomic E-state index is 0.256. The van der Waals surface area contributed by atoms with Crippen LogP contribution < -0.4 is 14.8 Å². The Balaban J connectivity index is 1.99. The Morgan fingerprint density at radius 3 is 2.54 bits per heavy atom. The predicted octanol–water partition coefficient (Wildman–Crippen LogP) is 3.67. The van der Waals surface area contributed by atoms with Crippen LogP contribution in [0.25, 0.3) is 0 Å². The molecule has 2 N–H and O–H groups in total. The average Bonchev–Trinajstić information content (AvgIpc) is 2.61. The summed E-state index contributed by atoms with van der Waals surface area (Å²) in [5.41, 5.74) is -0.776. The maximum absolute atomic E-state index is 12.7. The summed E-state index contributed by atoms with van der Waals surface area (Å²) in [6, 6.07) is 7.91. The molecular formula is C17H16ClF3N2O4S. The first-order chi connectivity index (χ1) is 13.0. The number of halogens is 4. The zero-order valence-corrected chi connectivity index (χ0v) is 16.1. The number of hydrogen-bond donors (Lipinski definition) is 2. The highest BCUT2D eigenvalue weighted by molar-refractivity contribution is 7.89. The van der Waals surface area contributed by atoms with Crippen molar-refractivity contribution >= 4 is 33.2 Å². The van der Waals surface area contributed by atoms with Gasteiger partial charge in [0.2, 0.25) is 15.9 Å². The maximum atomic E-state index is 12.7. The molecule has 0 heterocycles. The van der Waals surface area contributed by atoms with E-state index < -0.39 is 32.6 Å². The number of ether oxygens (including phenoxy) is 1. The Kier molecular flexibility index (Phi) is 6.91. The fourth-order valence-corrected chi connectivity index (χ4v) is 3.46. The Morgan fingerprint density at radius 2 is 1.89 bits per heavy atom. The van der Waals surface area contributed by atoms with E-state index in [1.54, 1.807) is 12.1 Å². The first-order valence-corrected chi connectivity index (χ1v) is 9.69. The van der Waals surface area contributed by atoms with Gasteiger partial charge in [-0.25, -0.2) is 13.1 Å². The second kappa shape index (κ2) is 8.80. The lowest BCUT2D eigenvalue weighted by Gasteiger charge is -2.12. The Labute approximate surface area is 164 Å². The van der Waals surface area contributed by atoms with Crippen molar-refractivity contribution in [3.05, 3.63) is 53.1 Å². The van der Waals surface area contributed by atoms with Gasteiger partial charge in [0, 0.05) is 18.0 Å². The molecule has 0 saturated carbocycles. The fourth-order valence-electron chi connectivity index (χ4n) is 2.21. The lowest BCUT2D eigenvalue weighted by Crippen LogP contribution is -2.28. The Hall–Kier alpha value is -2.30. The molecule has 0 bridgehead atoms. The van der Waals surface area contributed by atoms with Crippen LogP contribution in [-0.4, -0.2) is 28.0 Å². The van der Waals surface area contributed by atoms with Crippen LogP contribution in [0.15, 0.2) is 47.4 Å². The first-order valence-electron chi connectivity index (χ1n) is 7.83. The van der Waals surface area contributed by atoms with Crippen LogP contribution in [0.5, 0.6) is 5.75 Å². The van der Waals surface area contributed by atoms with Gasteiger partial charge in [-0.1, -0.05) is 17.7 Å². The van der Waals surface area contributed by atoms with Crippen molar-refractivity contribution in [1.82, 2.24) is 4.72 Å². The van der Waals surface area contributed by atoms with Crippen molar-refractivity contribution in [3.63, 3.8) is 0 Å². The molecule has 0 aliphatic rings. The third-order valence-corrected chi connectivity index (χ3v) is 5.25. The Bertz CT molecular complexity index is 965. The number of alkyl halides is 3. The molecular weight excluding hydrogens is 421 g/mol. The molecule has 0 aliphatic heterocycles. The summed E-state index contributed by atoms with van der Waals surface area (Å²) in [5, 5.41) is 2.89. The Morgan fingerprint density at radius 1 is 1.18 bits per heavy atom. The third-order valence-electron chi connectivity index (χ3n) is 3.55. The van der Waals surface area contributed by atoms with Crippen molar-refractivity contribution in [3.8, 4) is 5.75 Å². The van der Waals surface area contributed by atoms with Gasteiger partial charge in [-0.15, -0.1) is 0 Å². The molecule has 0 spiro atoms. The number of amides is 1. The van der Waals surface area contributed by atoms with E-state index in [0.29, 0.717) is 22.5 Å². The number of anilines is 1. The highest BCUT2D eigenvalue weighted by atomic mass is 35.5. The van der Waals surface area contributed by atoms with Crippen molar-refractivity contribution in [1.29, 1.82) is 0 Å². The van der Waals surface area contributed by atoms with Gasteiger partial charge < -0.3 is 10.1 Å². The normalized spacial score (nSPS) is 11.9. The average molecular weight is 437 g/mol. The van der Waals surface area contributed by atoms with Crippen LogP contribution in [0, 0.1) is 0 Å². The zero-order valence-electron chi connectivity index (χ0n) is 14.5. The smallest absolute Gasteiger partial charge is 0.416 e. The molecule has 0 radical (unpaired) electrons. The van der Waals surface area contributed by atoms with Crippen molar-refractivity contribution in [2.45, 2.75) is 17.5 Å². The molecule has 0 fully saturated rings. The standard InChI is InChI=1S/C17H16ClF3N2O4S/c1-27-15-6-5-12(18)10-14(15)23-16(24)7-8-22-28(25,26)13-4-2-3-11(9-13)17(19,20)21/h2-6,9-10,22H,7-8H2,1H3,(H,23,24). The molecule has 0 aliphatic carbocycles. The number of nitrogens with one attached hydrogen (secondary N) is 2. The molecule has 0 saturated heterocycles. The molecule has 152 valence electrons. The number of methoxy groups -OCH3 is 1. The summed E-state index contributed by atoms with van der Waals surface area (Å²) in [7, 11) is -2.80. The number of carbonyl (C=O) groups is 1. The number of rotatable bonds is 7. The summed E-state index contributed by atoms with van der Waals surface area (Å²) < 4.78 is 69.6. The molecule has 2 rings (SSSR count). The predicted molar refractivity (Wildman–Crippen MR) is 97.9 cm³/mol. The quantitative estimate of drug-likeness (QED) is 0.693. The molecule has 0 atom stereocenters. The van der Waals surface area contributed by atoms with Crippen molar-refractivity contribution in [2.75, 3.05) is 19.0 Å². The summed E-state index contributed by atoms with van der Waals surface area (Å²) >= 11 is 5.86. The van der Waals surface area contributed by atoms with Gasteiger partial charge in [0.05, 0.1) is 23.3 Å². The van der Waals surface area contributed by atoms with E-state index in [1.807, 2.05) is 0 Å². The van der Waals surface area contributed by atoms with Crippen molar-refractivity contribution in [2.24, 2.45) is 0 Å². The largest absolute Gasteiger partial charge is 0.495 e. The number of benzene rings is 2. The van der Waals surface area contributed by atoms with Crippen LogP contribution in [-0.2, 0) is 21.0 Å². The zero-order chi connectivity index (χ0) is 20.9. The highest BCUT2D eigenvalue weighted by Crippen LogP contribution is 2.30. The first kappa shape index (κ1) is 22.0. The van der Waals surface area contributed by atoms with Gasteiger partial charge in [-0.3, -0.25) is 4.79 Å². The number of hydrogen-bond acceptors (Lipinski definition) is 4.